The van der Waals surface area contributed by atoms with Crippen LogP contribution in [0.4, 0.5) is 0 Å². The van der Waals surface area contributed by atoms with E-state index in [1.807, 2.05) is 59.4 Å². The Morgan fingerprint density at radius 3 is 2.53 bits per heavy atom. The van der Waals surface area contributed by atoms with Gasteiger partial charge in [0, 0.05) is 25.5 Å². The molecule has 1 aromatic heterocycles. The Morgan fingerprint density at radius 2 is 1.84 bits per heavy atom. The summed E-state index contributed by atoms with van der Waals surface area (Å²) >= 11 is 0. The fourth-order valence-corrected chi connectivity index (χ4v) is 1.92. The number of nitrogens with one attached hydrogen (secondary N) is 1. The van der Waals surface area contributed by atoms with Crippen molar-refractivity contribution in [2.75, 3.05) is 6.54 Å². The van der Waals surface area contributed by atoms with Crippen LogP contribution in [-0.4, -0.2) is 23.1 Å². The molecule has 0 aliphatic carbocycles. The molecule has 0 spiro atoms. The topological polar surface area (TPSA) is 60.1 Å². The summed E-state index contributed by atoms with van der Waals surface area (Å²) in [5, 5.41) is 2.86. The average Bonchev–Trinajstić information content (AvgIpc) is 2.93. The Morgan fingerprint density at radius 1 is 1.16 bits per heavy atom. The molecular formula is C15H19N3O. The Labute approximate surface area is 113 Å². The van der Waals surface area contributed by atoms with Crippen LogP contribution in [-0.2, 0) is 17.8 Å². The van der Waals surface area contributed by atoms with E-state index in [2.05, 4.69) is 5.32 Å². The Bertz CT molecular complexity index is 493. The first-order chi connectivity index (χ1) is 9.25. The molecule has 4 nitrogen and oxygen atoms in total. The molecule has 1 unspecified atom stereocenters. The highest BCUT2D eigenvalue weighted by atomic mass is 16.2. The van der Waals surface area contributed by atoms with E-state index >= 15 is 0 Å². The molecule has 1 aromatic carbocycles. The van der Waals surface area contributed by atoms with Crippen LogP contribution < -0.4 is 11.1 Å². The number of carbonyl (C=O) groups excluding carboxylic acids is 1. The molecule has 100 valence electrons. The van der Waals surface area contributed by atoms with Crippen LogP contribution in [0.5, 0.6) is 0 Å². The predicted octanol–water partition coefficient (Wildman–Crippen LogP) is 1.17. The normalized spacial score (nSPS) is 12.1. The van der Waals surface area contributed by atoms with Gasteiger partial charge < -0.3 is 15.6 Å². The molecule has 2 aromatic rings. The van der Waals surface area contributed by atoms with E-state index < -0.39 is 6.04 Å². The van der Waals surface area contributed by atoms with Crippen molar-refractivity contribution >= 4 is 5.91 Å². The Hall–Kier alpha value is -2.07. The quantitative estimate of drug-likeness (QED) is 0.816. The molecule has 3 N–H and O–H groups in total. The zero-order valence-electron chi connectivity index (χ0n) is 10.8. The number of hydrogen-bond acceptors (Lipinski definition) is 2. The highest BCUT2D eigenvalue weighted by Gasteiger charge is 2.12. The number of aromatic nitrogens is 1. The number of benzene rings is 1. The van der Waals surface area contributed by atoms with Crippen LogP contribution in [0.25, 0.3) is 0 Å². The molecule has 1 atom stereocenters. The molecule has 0 fully saturated rings. The summed E-state index contributed by atoms with van der Waals surface area (Å²) in [5.74, 6) is -0.101. The second kappa shape index (κ2) is 6.75. The Balaban J connectivity index is 1.73. The summed E-state index contributed by atoms with van der Waals surface area (Å²) < 4.78 is 2.02. The summed E-state index contributed by atoms with van der Waals surface area (Å²) in [5.41, 5.74) is 6.97. The van der Waals surface area contributed by atoms with Gasteiger partial charge >= 0.3 is 0 Å². The third-order valence-electron chi connectivity index (χ3n) is 2.97. The minimum atomic E-state index is -0.493. The van der Waals surface area contributed by atoms with Gasteiger partial charge in [-0.05, 0) is 24.1 Å². The monoisotopic (exact) mass is 257 g/mol. The van der Waals surface area contributed by atoms with Crippen molar-refractivity contribution in [2.24, 2.45) is 5.73 Å². The van der Waals surface area contributed by atoms with Gasteiger partial charge in [0.2, 0.25) is 5.91 Å². The van der Waals surface area contributed by atoms with E-state index in [1.54, 1.807) is 0 Å². The molecule has 0 saturated carbocycles. The van der Waals surface area contributed by atoms with Gasteiger partial charge in [0.1, 0.15) is 0 Å². The second-order valence-electron chi connectivity index (χ2n) is 4.51. The van der Waals surface area contributed by atoms with E-state index in [4.69, 9.17) is 5.73 Å². The minimum Gasteiger partial charge on any atom is -0.353 e. The van der Waals surface area contributed by atoms with E-state index in [9.17, 15) is 4.79 Å². The van der Waals surface area contributed by atoms with Crippen molar-refractivity contribution in [1.29, 1.82) is 0 Å². The number of rotatable bonds is 6. The fourth-order valence-electron chi connectivity index (χ4n) is 1.92. The number of carbonyl (C=O) groups is 1. The van der Waals surface area contributed by atoms with Crippen LogP contribution in [0.15, 0.2) is 54.9 Å². The molecule has 0 saturated heterocycles. The van der Waals surface area contributed by atoms with Gasteiger partial charge in [-0.25, -0.2) is 0 Å². The molecule has 19 heavy (non-hydrogen) atoms. The lowest BCUT2D eigenvalue weighted by Gasteiger charge is -2.12. The van der Waals surface area contributed by atoms with Gasteiger partial charge in [0.15, 0.2) is 0 Å². The lowest BCUT2D eigenvalue weighted by Crippen LogP contribution is -2.43. The number of hydrogen-bond donors (Lipinski definition) is 2. The summed E-state index contributed by atoms with van der Waals surface area (Å²) in [6.45, 7) is 1.35. The van der Waals surface area contributed by atoms with Crippen LogP contribution in [0.3, 0.4) is 0 Å². The first kappa shape index (κ1) is 13.4. The standard InChI is InChI=1S/C15H19N3O/c16-14(12-13-6-2-1-3-7-13)15(19)17-8-11-18-9-4-5-10-18/h1-7,9-10,14H,8,11-12,16H2,(H,17,19). The van der Waals surface area contributed by atoms with Gasteiger partial charge in [0.05, 0.1) is 6.04 Å². The van der Waals surface area contributed by atoms with Crippen LogP contribution in [0, 0.1) is 0 Å². The molecule has 0 aliphatic heterocycles. The maximum absolute atomic E-state index is 11.8. The first-order valence-electron chi connectivity index (χ1n) is 6.43. The number of nitrogens with zero attached hydrogens (tertiary/aromatic N) is 1. The van der Waals surface area contributed by atoms with Crippen molar-refractivity contribution in [3.63, 3.8) is 0 Å². The van der Waals surface area contributed by atoms with Gasteiger partial charge in [-0.2, -0.15) is 0 Å². The summed E-state index contributed by atoms with van der Waals surface area (Å²) in [6, 6.07) is 13.2. The molecule has 1 heterocycles. The van der Waals surface area contributed by atoms with Crippen LogP contribution >= 0.6 is 0 Å². The molecule has 0 radical (unpaired) electrons. The van der Waals surface area contributed by atoms with E-state index in [0.29, 0.717) is 13.0 Å². The van der Waals surface area contributed by atoms with Gasteiger partial charge in [-0.1, -0.05) is 30.3 Å². The zero-order chi connectivity index (χ0) is 13.5. The van der Waals surface area contributed by atoms with E-state index in [1.165, 1.54) is 0 Å². The average molecular weight is 257 g/mol. The van der Waals surface area contributed by atoms with E-state index in [-0.39, 0.29) is 5.91 Å². The molecule has 2 rings (SSSR count). The van der Waals surface area contributed by atoms with Crippen LogP contribution in [0.2, 0.25) is 0 Å². The predicted molar refractivity (Wildman–Crippen MR) is 75.6 cm³/mol. The number of amides is 1. The highest BCUT2D eigenvalue weighted by molar-refractivity contribution is 5.81. The largest absolute Gasteiger partial charge is 0.353 e. The van der Waals surface area contributed by atoms with Crippen molar-refractivity contribution in [3.05, 3.63) is 60.4 Å². The summed E-state index contributed by atoms with van der Waals surface area (Å²) in [7, 11) is 0. The third kappa shape index (κ3) is 4.26. The zero-order valence-corrected chi connectivity index (χ0v) is 10.8. The van der Waals surface area contributed by atoms with Gasteiger partial charge in [-0.3, -0.25) is 4.79 Å². The van der Waals surface area contributed by atoms with Gasteiger partial charge in [-0.15, -0.1) is 0 Å². The Kier molecular flexibility index (Phi) is 4.75. The fraction of sp³-hybridized carbons (Fsp3) is 0.267. The highest BCUT2D eigenvalue weighted by Crippen LogP contribution is 2.01. The molecule has 0 bridgehead atoms. The van der Waals surface area contributed by atoms with Crippen molar-refractivity contribution in [2.45, 2.75) is 19.0 Å². The van der Waals surface area contributed by atoms with Crippen molar-refractivity contribution in [1.82, 2.24) is 9.88 Å². The summed E-state index contributed by atoms with van der Waals surface area (Å²) in [6.07, 6.45) is 4.50. The molecule has 4 heteroatoms. The SMILES string of the molecule is NC(Cc1ccccc1)C(=O)NCCn1cccc1. The lowest BCUT2D eigenvalue weighted by atomic mass is 10.1. The maximum atomic E-state index is 11.8. The van der Waals surface area contributed by atoms with Crippen molar-refractivity contribution < 1.29 is 4.79 Å². The first-order valence-corrected chi connectivity index (χ1v) is 6.43. The third-order valence-corrected chi connectivity index (χ3v) is 2.97. The number of nitrogens with two attached hydrogens (primary N) is 1. The van der Waals surface area contributed by atoms with Crippen molar-refractivity contribution in [3.8, 4) is 0 Å². The molecule has 0 aliphatic rings. The minimum absolute atomic E-state index is 0.101. The maximum Gasteiger partial charge on any atom is 0.237 e. The lowest BCUT2D eigenvalue weighted by molar-refractivity contribution is -0.122. The molecular weight excluding hydrogens is 238 g/mol. The second-order valence-corrected chi connectivity index (χ2v) is 4.51. The molecule has 1 amide bonds. The van der Waals surface area contributed by atoms with Crippen LogP contribution in [0.1, 0.15) is 5.56 Å². The van der Waals surface area contributed by atoms with E-state index in [0.717, 1.165) is 12.1 Å². The van der Waals surface area contributed by atoms with Gasteiger partial charge in [0.25, 0.3) is 0 Å². The summed E-state index contributed by atoms with van der Waals surface area (Å²) in [4.78, 5) is 11.8. The smallest absolute Gasteiger partial charge is 0.237 e.